The molecule has 1 heterocycles. The van der Waals surface area contributed by atoms with E-state index in [1.54, 1.807) is 19.9 Å². The molecule has 0 radical (unpaired) electrons. The number of hydrogen-bond acceptors (Lipinski definition) is 5. The third-order valence-electron chi connectivity index (χ3n) is 3.81. The maximum Gasteiger partial charge on any atom is 0.336 e. The molecule has 0 aliphatic carbocycles. The Hall–Kier alpha value is -3.06. The van der Waals surface area contributed by atoms with Gasteiger partial charge in [0.15, 0.2) is 5.82 Å². The molecule has 1 aromatic heterocycles. The summed E-state index contributed by atoms with van der Waals surface area (Å²) < 4.78 is 1.37. The quantitative estimate of drug-likeness (QED) is 0.764. The number of tetrazole rings is 1. The number of carboxylic acids is 1. The van der Waals surface area contributed by atoms with E-state index in [1.807, 2.05) is 36.4 Å². The predicted octanol–water partition coefficient (Wildman–Crippen LogP) is 2.39. The Kier molecular flexibility index (Phi) is 4.09. The first-order chi connectivity index (χ1) is 11.5. The van der Waals surface area contributed by atoms with Crippen LogP contribution in [0, 0.1) is 6.92 Å². The largest absolute Gasteiger partial charge is 0.478 e. The first-order valence-electron chi connectivity index (χ1n) is 7.39. The van der Waals surface area contributed by atoms with Crippen molar-refractivity contribution >= 4 is 5.97 Å². The molecule has 3 rings (SSSR count). The van der Waals surface area contributed by atoms with Crippen molar-refractivity contribution in [3.8, 4) is 16.8 Å². The summed E-state index contributed by atoms with van der Waals surface area (Å²) in [4.78, 5) is 11.6. The topological polar surface area (TPSA) is 101 Å². The molecular weight excluding hydrogens is 308 g/mol. The van der Waals surface area contributed by atoms with Gasteiger partial charge in [0.25, 0.3) is 0 Å². The summed E-state index contributed by atoms with van der Waals surface area (Å²) in [5.41, 5.74) is 2.83. The Morgan fingerprint density at radius 3 is 2.50 bits per heavy atom. The first-order valence-corrected chi connectivity index (χ1v) is 7.39. The van der Waals surface area contributed by atoms with Gasteiger partial charge in [-0.05, 0) is 53.1 Å². The smallest absolute Gasteiger partial charge is 0.336 e. The number of carbonyl (C=O) groups is 1. The highest BCUT2D eigenvalue weighted by Crippen LogP contribution is 2.28. The van der Waals surface area contributed by atoms with Crippen molar-refractivity contribution in [2.75, 3.05) is 0 Å². The van der Waals surface area contributed by atoms with Crippen LogP contribution in [-0.2, 0) is 0 Å². The van der Waals surface area contributed by atoms with Crippen molar-refractivity contribution in [1.82, 2.24) is 20.2 Å². The Morgan fingerprint density at radius 1 is 1.17 bits per heavy atom. The van der Waals surface area contributed by atoms with E-state index in [0.717, 1.165) is 11.1 Å². The molecule has 122 valence electrons. The standard InChI is InChI=1S/C17H16N4O3/c1-10-14(17(23)24)8-13(12-6-4-3-5-7-12)9-15(10)21-16(11(2)22)18-19-20-21/h3-9,11,22H,1-2H3,(H,23,24). The van der Waals surface area contributed by atoms with E-state index in [2.05, 4.69) is 15.5 Å². The molecule has 0 saturated heterocycles. The van der Waals surface area contributed by atoms with E-state index < -0.39 is 12.1 Å². The van der Waals surface area contributed by atoms with E-state index in [0.29, 0.717) is 11.3 Å². The second-order valence-electron chi connectivity index (χ2n) is 5.46. The molecule has 1 unspecified atom stereocenters. The van der Waals surface area contributed by atoms with Crippen molar-refractivity contribution in [1.29, 1.82) is 0 Å². The molecule has 0 bridgehead atoms. The highest BCUT2D eigenvalue weighted by atomic mass is 16.4. The lowest BCUT2D eigenvalue weighted by Crippen LogP contribution is -2.11. The average molecular weight is 324 g/mol. The number of carboxylic acid groups (broad SMARTS) is 1. The van der Waals surface area contributed by atoms with Crippen LogP contribution in [-0.4, -0.2) is 36.4 Å². The third-order valence-corrected chi connectivity index (χ3v) is 3.81. The second-order valence-corrected chi connectivity index (χ2v) is 5.46. The Bertz CT molecular complexity index is 888. The zero-order chi connectivity index (χ0) is 17.3. The normalized spacial score (nSPS) is 12.1. The van der Waals surface area contributed by atoms with Crippen molar-refractivity contribution < 1.29 is 15.0 Å². The molecule has 0 amide bonds. The summed E-state index contributed by atoms with van der Waals surface area (Å²) in [6.07, 6.45) is -0.881. The molecule has 0 saturated carbocycles. The van der Waals surface area contributed by atoms with Crippen LogP contribution in [0.25, 0.3) is 16.8 Å². The molecule has 0 fully saturated rings. The van der Waals surface area contributed by atoms with Gasteiger partial charge in [-0.15, -0.1) is 5.10 Å². The van der Waals surface area contributed by atoms with E-state index in [9.17, 15) is 15.0 Å². The molecule has 0 aliphatic rings. The molecular formula is C17H16N4O3. The van der Waals surface area contributed by atoms with Gasteiger partial charge in [-0.2, -0.15) is 4.68 Å². The molecule has 7 nitrogen and oxygen atoms in total. The van der Waals surface area contributed by atoms with E-state index >= 15 is 0 Å². The van der Waals surface area contributed by atoms with Gasteiger partial charge in [-0.25, -0.2) is 4.79 Å². The lowest BCUT2D eigenvalue weighted by Gasteiger charge is -2.14. The Labute approximate surface area is 138 Å². The van der Waals surface area contributed by atoms with Crippen molar-refractivity contribution in [2.45, 2.75) is 20.0 Å². The third kappa shape index (κ3) is 2.77. The fourth-order valence-electron chi connectivity index (χ4n) is 2.56. The lowest BCUT2D eigenvalue weighted by molar-refractivity contribution is 0.0696. The van der Waals surface area contributed by atoms with E-state index in [1.165, 1.54) is 4.68 Å². The first kappa shape index (κ1) is 15.8. The zero-order valence-corrected chi connectivity index (χ0v) is 13.2. The second kappa shape index (κ2) is 6.21. The minimum Gasteiger partial charge on any atom is -0.478 e. The van der Waals surface area contributed by atoms with E-state index in [-0.39, 0.29) is 11.4 Å². The highest BCUT2D eigenvalue weighted by Gasteiger charge is 2.20. The molecule has 2 N–H and O–H groups in total. The van der Waals surface area contributed by atoms with Crippen LogP contribution >= 0.6 is 0 Å². The summed E-state index contributed by atoms with van der Waals surface area (Å²) >= 11 is 0. The fourth-order valence-corrected chi connectivity index (χ4v) is 2.56. The minimum atomic E-state index is -1.03. The summed E-state index contributed by atoms with van der Waals surface area (Å²) in [6, 6.07) is 12.9. The summed E-state index contributed by atoms with van der Waals surface area (Å²) in [5, 5.41) is 30.7. The molecule has 7 heteroatoms. The number of aliphatic hydroxyl groups excluding tert-OH is 1. The average Bonchev–Trinajstić information content (AvgIpc) is 3.05. The maximum atomic E-state index is 11.6. The van der Waals surface area contributed by atoms with Gasteiger partial charge in [0.05, 0.1) is 11.3 Å². The number of rotatable bonds is 4. The number of hydrogen-bond donors (Lipinski definition) is 2. The van der Waals surface area contributed by atoms with E-state index in [4.69, 9.17) is 0 Å². The van der Waals surface area contributed by atoms with Gasteiger partial charge in [0.1, 0.15) is 6.10 Å². The van der Waals surface area contributed by atoms with Crippen LogP contribution in [0.5, 0.6) is 0 Å². The van der Waals surface area contributed by atoms with Crippen LogP contribution in [0.1, 0.15) is 34.8 Å². The Balaban J connectivity index is 2.27. The van der Waals surface area contributed by atoms with Crippen LogP contribution in [0.15, 0.2) is 42.5 Å². The number of aromatic carboxylic acids is 1. The number of benzene rings is 2. The van der Waals surface area contributed by atoms with Gasteiger partial charge in [-0.1, -0.05) is 30.3 Å². The number of nitrogens with zero attached hydrogens (tertiary/aromatic N) is 4. The van der Waals surface area contributed by atoms with Crippen LogP contribution in [0.2, 0.25) is 0 Å². The van der Waals surface area contributed by atoms with Gasteiger partial charge in [0, 0.05) is 0 Å². The van der Waals surface area contributed by atoms with Crippen LogP contribution < -0.4 is 0 Å². The monoisotopic (exact) mass is 324 g/mol. The van der Waals surface area contributed by atoms with Gasteiger partial charge >= 0.3 is 5.97 Å². The van der Waals surface area contributed by atoms with Crippen molar-refractivity contribution in [3.05, 3.63) is 59.4 Å². The molecule has 1 atom stereocenters. The summed E-state index contributed by atoms with van der Waals surface area (Å²) in [6.45, 7) is 3.25. The molecule has 3 aromatic rings. The van der Waals surface area contributed by atoms with Gasteiger partial charge in [-0.3, -0.25) is 0 Å². The van der Waals surface area contributed by atoms with Crippen molar-refractivity contribution in [2.24, 2.45) is 0 Å². The van der Waals surface area contributed by atoms with Gasteiger partial charge < -0.3 is 10.2 Å². The molecule has 2 aromatic carbocycles. The fraction of sp³-hybridized carbons (Fsp3) is 0.176. The number of aromatic nitrogens is 4. The van der Waals surface area contributed by atoms with Crippen LogP contribution in [0.3, 0.4) is 0 Å². The van der Waals surface area contributed by atoms with Crippen LogP contribution in [0.4, 0.5) is 0 Å². The zero-order valence-electron chi connectivity index (χ0n) is 13.2. The lowest BCUT2D eigenvalue weighted by atomic mass is 9.98. The summed E-state index contributed by atoms with van der Waals surface area (Å²) in [5.74, 6) is -0.780. The SMILES string of the molecule is Cc1c(C(=O)O)cc(-c2ccccc2)cc1-n1nnnc1C(C)O. The summed E-state index contributed by atoms with van der Waals surface area (Å²) in [7, 11) is 0. The maximum absolute atomic E-state index is 11.6. The number of aliphatic hydroxyl groups is 1. The Morgan fingerprint density at radius 2 is 1.88 bits per heavy atom. The molecule has 0 spiro atoms. The molecule has 0 aliphatic heterocycles. The predicted molar refractivity (Wildman–Crippen MR) is 86.9 cm³/mol. The van der Waals surface area contributed by atoms with Crippen molar-refractivity contribution in [3.63, 3.8) is 0 Å². The van der Waals surface area contributed by atoms with Gasteiger partial charge in [0.2, 0.25) is 0 Å². The highest BCUT2D eigenvalue weighted by molar-refractivity contribution is 5.92. The minimum absolute atomic E-state index is 0.165. The molecule has 24 heavy (non-hydrogen) atoms.